The van der Waals surface area contributed by atoms with E-state index in [2.05, 4.69) is 41.0 Å². The summed E-state index contributed by atoms with van der Waals surface area (Å²) >= 11 is 0. The Morgan fingerprint density at radius 1 is 1.08 bits per heavy atom. The van der Waals surface area contributed by atoms with Crippen LogP contribution < -0.4 is 0 Å². The van der Waals surface area contributed by atoms with Gasteiger partial charge < -0.3 is 14.3 Å². The van der Waals surface area contributed by atoms with Gasteiger partial charge in [0.1, 0.15) is 18.1 Å². The number of methoxy groups -OCH3 is 1. The van der Waals surface area contributed by atoms with Crippen LogP contribution in [-0.2, 0) is 24.4 Å². The molecular weight excluding hydrogens is 328 g/mol. The Morgan fingerprint density at radius 2 is 1.85 bits per heavy atom. The zero-order chi connectivity index (χ0) is 18.4. The van der Waals surface area contributed by atoms with E-state index in [0.29, 0.717) is 12.6 Å². The fraction of sp³-hybridized carbons (Fsp3) is 0.524. The SMILES string of the molecule is COCc1ccc(CN2CCN(Cc3ccc(C)cc3)[C@@H](CCO)C2)o1. The van der Waals surface area contributed by atoms with Gasteiger partial charge in [-0.1, -0.05) is 29.8 Å². The van der Waals surface area contributed by atoms with Crippen molar-refractivity contribution >= 4 is 0 Å². The molecule has 1 saturated heterocycles. The van der Waals surface area contributed by atoms with Crippen LogP contribution in [0.4, 0.5) is 0 Å². The standard InChI is InChI=1S/C21H30N2O3/c1-17-3-5-18(6-4-17)13-23-11-10-22(14-19(23)9-12-24)15-20-7-8-21(26-20)16-25-2/h3-8,19,24H,9-16H2,1-2H3/t19-/m0/s1. The van der Waals surface area contributed by atoms with Crippen molar-refractivity contribution in [2.24, 2.45) is 0 Å². The van der Waals surface area contributed by atoms with Crippen molar-refractivity contribution in [1.29, 1.82) is 0 Å². The van der Waals surface area contributed by atoms with Crippen molar-refractivity contribution in [3.8, 4) is 0 Å². The number of rotatable bonds is 8. The van der Waals surface area contributed by atoms with E-state index in [0.717, 1.165) is 50.7 Å². The third-order valence-corrected chi connectivity index (χ3v) is 5.04. The predicted molar refractivity (Wildman–Crippen MR) is 102 cm³/mol. The minimum absolute atomic E-state index is 0.224. The van der Waals surface area contributed by atoms with Crippen LogP contribution in [0.25, 0.3) is 0 Å². The molecule has 2 heterocycles. The van der Waals surface area contributed by atoms with E-state index in [1.165, 1.54) is 11.1 Å². The predicted octanol–water partition coefficient (Wildman–Crippen LogP) is 2.80. The van der Waals surface area contributed by atoms with E-state index in [1.807, 2.05) is 12.1 Å². The second-order valence-corrected chi connectivity index (χ2v) is 7.16. The van der Waals surface area contributed by atoms with Gasteiger partial charge in [-0.05, 0) is 31.0 Å². The number of aliphatic hydroxyl groups excluding tert-OH is 1. The summed E-state index contributed by atoms with van der Waals surface area (Å²) in [5.41, 5.74) is 2.62. The summed E-state index contributed by atoms with van der Waals surface area (Å²) in [5, 5.41) is 9.50. The topological polar surface area (TPSA) is 49.1 Å². The second kappa shape index (κ2) is 9.33. The minimum Gasteiger partial charge on any atom is -0.462 e. The number of aliphatic hydroxyl groups is 1. The number of hydrogen-bond donors (Lipinski definition) is 1. The first-order valence-electron chi connectivity index (χ1n) is 9.37. The molecule has 2 aromatic rings. The van der Waals surface area contributed by atoms with Crippen LogP contribution in [0.5, 0.6) is 0 Å². The molecule has 0 unspecified atom stereocenters. The van der Waals surface area contributed by atoms with Gasteiger partial charge >= 0.3 is 0 Å². The molecule has 1 aromatic carbocycles. The Balaban J connectivity index is 1.58. The van der Waals surface area contributed by atoms with Crippen molar-refractivity contribution in [3.05, 3.63) is 59.0 Å². The second-order valence-electron chi connectivity index (χ2n) is 7.16. The largest absolute Gasteiger partial charge is 0.462 e. The van der Waals surface area contributed by atoms with Crippen LogP contribution in [-0.4, -0.2) is 54.3 Å². The monoisotopic (exact) mass is 358 g/mol. The van der Waals surface area contributed by atoms with Gasteiger partial charge in [0.15, 0.2) is 0 Å². The Bertz CT molecular complexity index is 668. The molecule has 1 aliphatic rings. The molecule has 1 aliphatic heterocycles. The fourth-order valence-electron chi connectivity index (χ4n) is 3.61. The first-order valence-corrected chi connectivity index (χ1v) is 9.37. The zero-order valence-electron chi connectivity index (χ0n) is 15.9. The van der Waals surface area contributed by atoms with Crippen LogP contribution in [0.1, 0.15) is 29.1 Å². The molecule has 0 spiro atoms. The summed E-state index contributed by atoms with van der Waals surface area (Å²) in [5.74, 6) is 1.85. The number of hydrogen-bond acceptors (Lipinski definition) is 5. The Morgan fingerprint density at radius 3 is 2.58 bits per heavy atom. The van der Waals surface area contributed by atoms with Gasteiger partial charge in [0.05, 0.1) is 6.54 Å². The molecule has 26 heavy (non-hydrogen) atoms. The number of ether oxygens (including phenoxy) is 1. The molecule has 5 heteroatoms. The van der Waals surface area contributed by atoms with E-state index in [4.69, 9.17) is 9.15 Å². The summed E-state index contributed by atoms with van der Waals surface area (Å²) in [4.78, 5) is 4.91. The summed E-state index contributed by atoms with van der Waals surface area (Å²) < 4.78 is 10.9. The quantitative estimate of drug-likeness (QED) is 0.786. The van der Waals surface area contributed by atoms with Crippen molar-refractivity contribution in [1.82, 2.24) is 9.80 Å². The number of aryl methyl sites for hydroxylation is 1. The van der Waals surface area contributed by atoms with E-state index in [1.54, 1.807) is 7.11 Å². The molecule has 1 aromatic heterocycles. The summed E-state index contributed by atoms with van der Waals surface area (Å²) in [6.07, 6.45) is 0.801. The molecular formula is C21H30N2O3. The number of benzene rings is 1. The number of furan rings is 1. The lowest BCUT2D eigenvalue weighted by Gasteiger charge is -2.41. The van der Waals surface area contributed by atoms with Gasteiger partial charge in [0.2, 0.25) is 0 Å². The van der Waals surface area contributed by atoms with Crippen LogP contribution in [0.3, 0.4) is 0 Å². The maximum Gasteiger partial charge on any atom is 0.129 e. The molecule has 0 aliphatic carbocycles. The normalized spacial score (nSPS) is 19.1. The molecule has 0 bridgehead atoms. The highest BCUT2D eigenvalue weighted by Crippen LogP contribution is 2.19. The molecule has 1 atom stereocenters. The van der Waals surface area contributed by atoms with Crippen LogP contribution in [0, 0.1) is 6.92 Å². The lowest BCUT2D eigenvalue weighted by Crippen LogP contribution is -2.52. The zero-order valence-corrected chi connectivity index (χ0v) is 15.9. The van der Waals surface area contributed by atoms with E-state index in [9.17, 15) is 5.11 Å². The Kier molecular flexibility index (Phi) is 6.86. The average Bonchev–Trinajstić information content (AvgIpc) is 3.07. The van der Waals surface area contributed by atoms with Crippen LogP contribution in [0.15, 0.2) is 40.8 Å². The molecule has 0 saturated carbocycles. The average molecular weight is 358 g/mol. The van der Waals surface area contributed by atoms with Crippen molar-refractivity contribution in [3.63, 3.8) is 0 Å². The molecule has 0 amide bonds. The summed E-state index contributed by atoms with van der Waals surface area (Å²) in [6.45, 7) is 7.56. The van der Waals surface area contributed by atoms with Gasteiger partial charge in [-0.15, -0.1) is 0 Å². The van der Waals surface area contributed by atoms with E-state index >= 15 is 0 Å². The third kappa shape index (κ3) is 5.17. The van der Waals surface area contributed by atoms with E-state index < -0.39 is 0 Å². The van der Waals surface area contributed by atoms with Crippen molar-refractivity contribution < 1.29 is 14.3 Å². The number of nitrogens with zero attached hydrogens (tertiary/aromatic N) is 2. The number of piperazine rings is 1. The van der Waals surface area contributed by atoms with Crippen molar-refractivity contribution in [2.75, 3.05) is 33.4 Å². The lowest BCUT2D eigenvalue weighted by molar-refractivity contribution is 0.0462. The smallest absolute Gasteiger partial charge is 0.129 e. The van der Waals surface area contributed by atoms with Gasteiger partial charge in [0.25, 0.3) is 0 Å². The van der Waals surface area contributed by atoms with Crippen LogP contribution >= 0.6 is 0 Å². The minimum atomic E-state index is 0.224. The summed E-state index contributed by atoms with van der Waals surface area (Å²) in [7, 11) is 1.68. The molecule has 5 nitrogen and oxygen atoms in total. The highest BCUT2D eigenvalue weighted by atomic mass is 16.5. The van der Waals surface area contributed by atoms with Crippen LogP contribution in [0.2, 0.25) is 0 Å². The Hall–Kier alpha value is -1.66. The van der Waals surface area contributed by atoms with Gasteiger partial charge in [-0.2, -0.15) is 0 Å². The molecule has 3 rings (SSSR count). The Labute approximate surface area is 156 Å². The van der Waals surface area contributed by atoms with Gasteiger partial charge in [0, 0.05) is 45.9 Å². The van der Waals surface area contributed by atoms with Gasteiger partial charge in [-0.3, -0.25) is 9.80 Å². The first-order chi connectivity index (χ1) is 12.7. The van der Waals surface area contributed by atoms with Crippen molar-refractivity contribution in [2.45, 2.75) is 39.1 Å². The first kappa shape index (κ1) is 19.1. The third-order valence-electron chi connectivity index (χ3n) is 5.04. The highest BCUT2D eigenvalue weighted by molar-refractivity contribution is 5.21. The molecule has 1 fully saturated rings. The summed E-state index contributed by atoms with van der Waals surface area (Å²) in [6, 6.07) is 13.1. The lowest BCUT2D eigenvalue weighted by atomic mass is 10.1. The maximum atomic E-state index is 9.50. The highest BCUT2D eigenvalue weighted by Gasteiger charge is 2.27. The molecule has 1 N–H and O–H groups in total. The van der Waals surface area contributed by atoms with E-state index in [-0.39, 0.29) is 6.61 Å². The maximum absolute atomic E-state index is 9.50. The van der Waals surface area contributed by atoms with Gasteiger partial charge in [-0.25, -0.2) is 0 Å². The molecule has 0 radical (unpaired) electrons. The fourth-order valence-corrected chi connectivity index (χ4v) is 3.61. The molecule has 142 valence electrons.